The topological polar surface area (TPSA) is 44.8 Å². The first-order valence-electron chi connectivity index (χ1n) is 8.71. The maximum atomic E-state index is 14.4. The highest BCUT2D eigenvalue weighted by molar-refractivity contribution is 6.30. The summed E-state index contributed by atoms with van der Waals surface area (Å²) in [5, 5.41) is 0.311. The molecule has 4 rings (SSSR count). The van der Waals surface area contributed by atoms with Crippen LogP contribution in [0.5, 0.6) is 11.5 Å². The van der Waals surface area contributed by atoms with E-state index in [4.69, 9.17) is 25.8 Å². The molecule has 2 atom stereocenters. The summed E-state index contributed by atoms with van der Waals surface area (Å²) in [5.74, 6) is -0.682. The van der Waals surface area contributed by atoms with Crippen molar-refractivity contribution >= 4 is 23.5 Å². The van der Waals surface area contributed by atoms with Crippen molar-refractivity contribution in [2.75, 3.05) is 6.61 Å². The number of hydrogen-bond donors (Lipinski definition) is 0. The van der Waals surface area contributed by atoms with Gasteiger partial charge >= 0.3 is 0 Å². The molecule has 27 heavy (non-hydrogen) atoms. The molecule has 2 aliphatic heterocycles. The van der Waals surface area contributed by atoms with Gasteiger partial charge in [0.25, 0.3) is 5.79 Å². The highest BCUT2D eigenvalue weighted by atomic mass is 35.5. The summed E-state index contributed by atoms with van der Waals surface area (Å²) >= 11 is 5.85. The van der Waals surface area contributed by atoms with Crippen molar-refractivity contribution in [2.45, 2.75) is 31.7 Å². The molecule has 0 unspecified atom stereocenters. The molecule has 4 nitrogen and oxygen atoms in total. The number of carbonyl (C=O) groups is 1. The minimum atomic E-state index is -1.29. The minimum absolute atomic E-state index is 0.0893. The van der Waals surface area contributed by atoms with E-state index >= 15 is 0 Å². The van der Waals surface area contributed by atoms with E-state index in [0.717, 1.165) is 17.4 Å². The molecule has 0 saturated heterocycles. The lowest BCUT2D eigenvalue weighted by Crippen LogP contribution is -2.32. The summed E-state index contributed by atoms with van der Waals surface area (Å²) in [6.07, 6.45) is 3.86. The normalized spacial score (nSPS) is 23.8. The number of benzene rings is 2. The van der Waals surface area contributed by atoms with Gasteiger partial charge in [0.15, 0.2) is 11.5 Å². The first-order chi connectivity index (χ1) is 13.0. The third-order valence-electron chi connectivity index (χ3n) is 4.81. The van der Waals surface area contributed by atoms with Crippen LogP contribution in [-0.2, 0) is 15.3 Å². The van der Waals surface area contributed by atoms with E-state index in [1.54, 1.807) is 25.1 Å². The van der Waals surface area contributed by atoms with Crippen LogP contribution >= 0.6 is 11.6 Å². The van der Waals surface area contributed by atoms with Gasteiger partial charge in [-0.15, -0.1) is 0 Å². The summed E-state index contributed by atoms with van der Waals surface area (Å²) in [5.41, 5.74) is 2.07. The van der Waals surface area contributed by atoms with Crippen LogP contribution in [0.1, 0.15) is 30.9 Å². The zero-order valence-corrected chi connectivity index (χ0v) is 15.5. The second kappa shape index (κ2) is 6.98. The molecule has 6 heteroatoms. The summed E-state index contributed by atoms with van der Waals surface area (Å²) in [6, 6.07) is 9.98. The standard InChI is InChI=1S/C21H18ClFO4/c1-21(17-8-6-14(22)11-18(17)23)26-19-4-2-3-16(20(19)27-21)13-5-7-15(9-10-24)25-12-13/h2-6,8,10-11,15H,7,9,12H2,1H3/t15-,21-/m0/s1. The molecule has 0 amide bonds. The molecule has 2 heterocycles. The number of halogens is 2. The lowest BCUT2D eigenvalue weighted by molar-refractivity contribution is -0.110. The van der Waals surface area contributed by atoms with E-state index in [-0.39, 0.29) is 11.7 Å². The van der Waals surface area contributed by atoms with Crippen molar-refractivity contribution in [3.63, 3.8) is 0 Å². The molecule has 0 saturated carbocycles. The molecule has 2 aromatic rings. The lowest BCUT2D eigenvalue weighted by atomic mass is 10.00. The molecular weight excluding hydrogens is 371 g/mol. The first-order valence-corrected chi connectivity index (χ1v) is 9.09. The number of carbonyl (C=O) groups excluding carboxylic acids is 1. The van der Waals surface area contributed by atoms with Crippen molar-refractivity contribution in [3.05, 3.63) is 64.4 Å². The number of hydrogen-bond acceptors (Lipinski definition) is 4. The zero-order valence-electron chi connectivity index (χ0n) is 14.7. The Morgan fingerprint density at radius 1 is 1.30 bits per heavy atom. The van der Waals surface area contributed by atoms with Crippen molar-refractivity contribution in [1.82, 2.24) is 0 Å². The average molecular weight is 389 g/mol. The van der Waals surface area contributed by atoms with Gasteiger partial charge in [-0.25, -0.2) is 4.39 Å². The predicted molar refractivity (Wildman–Crippen MR) is 99.5 cm³/mol. The highest BCUT2D eigenvalue weighted by Crippen LogP contribution is 2.48. The van der Waals surface area contributed by atoms with E-state index in [2.05, 4.69) is 6.08 Å². The van der Waals surface area contributed by atoms with Crippen molar-refractivity contribution < 1.29 is 23.4 Å². The summed E-state index contributed by atoms with van der Waals surface area (Å²) < 4.78 is 32.3. The molecule has 0 aromatic heterocycles. The molecular formula is C21H18ClFO4. The number of para-hydroxylation sites is 1. The Hall–Kier alpha value is -2.37. The third kappa shape index (κ3) is 3.33. The van der Waals surface area contributed by atoms with Gasteiger partial charge in [-0.1, -0.05) is 29.8 Å². The maximum Gasteiger partial charge on any atom is 0.278 e. The molecule has 140 valence electrons. The smallest absolute Gasteiger partial charge is 0.278 e. The Bertz CT molecular complexity index is 926. The van der Waals surface area contributed by atoms with E-state index in [1.165, 1.54) is 6.07 Å². The van der Waals surface area contributed by atoms with Gasteiger partial charge in [-0.05, 0) is 36.3 Å². The molecule has 0 fully saturated rings. The fourth-order valence-corrected chi connectivity index (χ4v) is 3.57. The molecule has 0 aliphatic carbocycles. The van der Waals surface area contributed by atoms with Crippen LogP contribution in [0, 0.1) is 5.82 Å². The number of fused-ring (bicyclic) bond motifs is 1. The molecule has 0 spiro atoms. The van der Waals surface area contributed by atoms with Crippen LogP contribution in [0.4, 0.5) is 4.39 Å². The molecule has 2 aromatic carbocycles. The highest BCUT2D eigenvalue weighted by Gasteiger charge is 2.42. The second-order valence-electron chi connectivity index (χ2n) is 6.71. The Kier molecular flexibility index (Phi) is 4.66. The van der Waals surface area contributed by atoms with Crippen LogP contribution in [0.3, 0.4) is 0 Å². The van der Waals surface area contributed by atoms with Gasteiger partial charge in [0.2, 0.25) is 0 Å². The predicted octanol–water partition coefficient (Wildman–Crippen LogP) is 4.88. The molecule has 0 bridgehead atoms. The molecule has 0 N–H and O–H groups in total. The monoisotopic (exact) mass is 388 g/mol. The van der Waals surface area contributed by atoms with Gasteiger partial charge in [0.05, 0.1) is 18.3 Å². The third-order valence-corrected chi connectivity index (χ3v) is 5.04. The largest absolute Gasteiger partial charge is 0.444 e. The quantitative estimate of drug-likeness (QED) is 0.700. The second-order valence-corrected chi connectivity index (χ2v) is 7.14. The fraction of sp³-hybridized carbons (Fsp3) is 0.286. The minimum Gasteiger partial charge on any atom is -0.444 e. The number of ether oxygens (including phenoxy) is 3. The number of aldehydes is 1. The van der Waals surface area contributed by atoms with E-state index in [9.17, 15) is 9.18 Å². The van der Waals surface area contributed by atoms with Crippen molar-refractivity contribution in [2.24, 2.45) is 0 Å². The molecule has 0 radical (unpaired) electrons. The van der Waals surface area contributed by atoms with Crippen LogP contribution in [-0.4, -0.2) is 19.0 Å². The van der Waals surface area contributed by atoms with Crippen LogP contribution in [0.25, 0.3) is 5.57 Å². The lowest BCUT2D eigenvalue weighted by Gasteiger charge is -2.25. The first kappa shape index (κ1) is 18.0. The van der Waals surface area contributed by atoms with E-state index in [1.807, 2.05) is 12.1 Å². The summed E-state index contributed by atoms with van der Waals surface area (Å²) in [6.45, 7) is 2.05. The summed E-state index contributed by atoms with van der Waals surface area (Å²) in [4.78, 5) is 10.7. The van der Waals surface area contributed by atoms with Gasteiger partial charge in [-0.3, -0.25) is 0 Å². The zero-order chi connectivity index (χ0) is 19.0. The Morgan fingerprint density at radius 3 is 2.85 bits per heavy atom. The Morgan fingerprint density at radius 2 is 2.15 bits per heavy atom. The molecule has 2 aliphatic rings. The van der Waals surface area contributed by atoms with Gasteiger partial charge in [-0.2, -0.15) is 0 Å². The Labute approximate surface area is 161 Å². The average Bonchev–Trinajstić information content (AvgIpc) is 2.99. The fourth-order valence-electron chi connectivity index (χ4n) is 3.42. The van der Waals surface area contributed by atoms with Crippen molar-refractivity contribution in [3.8, 4) is 11.5 Å². The van der Waals surface area contributed by atoms with Crippen LogP contribution < -0.4 is 9.47 Å². The summed E-state index contributed by atoms with van der Waals surface area (Å²) in [7, 11) is 0. The van der Waals surface area contributed by atoms with Crippen LogP contribution in [0.15, 0.2) is 42.5 Å². The van der Waals surface area contributed by atoms with E-state index < -0.39 is 11.6 Å². The van der Waals surface area contributed by atoms with Crippen LogP contribution in [0.2, 0.25) is 5.02 Å². The van der Waals surface area contributed by atoms with E-state index in [0.29, 0.717) is 36.0 Å². The van der Waals surface area contributed by atoms with Crippen molar-refractivity contribution in [1.29, 1.82) is 0 Å². The maximum absolute atomic E-state index is 14.4. The number of rotatable bonds is 4. The van der Waals surface area contributed by atoms with Gasteiger partial charge in [0, 0.05) is 23.9 Å². The SMILES string of the molecule is C[C@]1(c2ccc(Cl)cc2F)Oc2cccc(C3=CC[C@@H](CC=O)OC3)c2O1. The van der Waals surface area contributed by atoms with Gasteiger partial charge < -0.3 is 19.0 Å². The Balaban J connectivity index is 1.65. The van der Waals surface area contributed by atoms with Gasteiger partial charge in [0.1, 0.15) is 12.1 Å².